The number of fused-ring (bicyclic) bond motifs is 1. The van der Waals surface area contributed by atoms with E-state index in [-0.39, 0.29) is 17.4 Å². The summed E-state index contributed by atoms with van der Waals surface area (Å²) in [7, 11) is 1.31. The smallest absolute Gasteiger partial charge is 0.328 e. The Balaban J connectivity index is 1.51. The molecule has 0 aromatic heterocycles. The van der Waals surface area contributed by atoms with Crippen molar-refractivity contribution >= 4 is 23.5 Å². The summed E-state index contributed by atoms with van der Waals surface area (Å²) in [5, 5.41) is 2.64. The van der Waals surface area contributed by atoms with Crippen molar-refractivity contribution in [3.63, 3.8) is 0 Å². The number of rotatable bonds is 6. The van der Waals surface area contributed by atoms with Gasteiger partial charge in [0.25, 0.3) is 11.8 Å². The van der Waals surface area contributed by atoms with Crippen molar-refractivity contribution in [3.8, 4) is 11.1 Å². The van der Waals surface area contributed by atoms with Crippen LogP contribution in [0.1, 0.15) is 40.1 Å². The van der Waals surface area contributed by atoms with Crippen molar-refractivity contribution in [3.05, 3.63) is 89.0 Å². The molecule has 3 aromatic rings. The molecule has 0 fully saturated rings. The monoisotopic (exact) mass is 478 g/mol. The molecule has 3 aromatic carbocycles. The van der Waals surface area contributed by atoms with Crippen LogP contribution < -0.4 is 5.32 Å². The lowest BCUT2D eigenvalue weighted by Crippen LogP contribution is -2.45. The van der Waals surface area contributed by atoms with Crippen LogP contribution in [-0.2, 0) is 16.1 Å². The first-order valence-electron chi connectivity index (χ1n) is 11.1. The third kappa shape index (κ3) is 4.77. The number of nitrogens with zero attached hydrogens (tertiary/aromatic N) is 1. The number of nitrogens with one attached hydrogen (secondary N) is 1. The third-order valence-electron chi connectivity index (χ3n) is 6.01. The lowest BCUT2D eigenvalue weighted by atomic mass is 10.00. The normalized spacial score (nSPS) is 13.5. The van der Waals surface area contributed by atoms with Crippen LogP contribution >= 0.6 is 0 Å². The zero-order valence-electron chi connectivity index (χ0n) is 19.5. The largest absolute Gasteiger partial charge is 0.467 e. The van der Waals surface area contributed by atoms with E-state index in [1.54, 1.807) is 35.2 Å². The van der Waals surface area contributed by atoms with Gasteiger partial charge in [0.05, 0.1) is 7.11 Å². The van der Waals surface area contributed by atoms with Crippen LogP contribution in [0.15, 0.2) is 60.7 Å². The van der Waals surface area contributed by atoms with Gasteiger partial charge in [-0.1, -0.05) is 38.1 Å². The Hall–Kier alpha value is -4.07. The van der Waals surface area contributed by atoms with Crippen molar-refractivity contribution in [1.82, 2.24) is 4.90 Å². The molecule has 0 radical (unpaired) electrons. The van der Waals surface area contributed by atoms with Crippen molar-refractivity contribution in [2.24, 2.45) is 5.92 Å². The lowest BCUT2D eigenvalue weighted by Gasteiger charge is -2.28. The molecule has 4 rings (SSSR count). The molecule has 0 saturated carbocycles. The summed E-state index contributed by atoms with van der Waals surface area (Å²) < 4.78 is 31.4. The van der Waals surface area contributed by atoms with E-state index in [1.807, 2.05) is 26.0 Å². The fourth-order valence-electron chi connectivity index (χ4n) is 4.19. The summed E-state index contributed by atoms with van der Waals surface area (Å²) in [4.78, 5) is 39.3. The maximum absolute atomic E-state index is 13.4. The molecular formula is C27H24F2N2O4. The van der Waals surface area contributed by atoms with Crippen LogP contribution in [0.25, 0.3) is 11.1 Å². The van der Waals surface area contributed by atoms with Gasteiger partial charge in [-0.3, -0.25) is 9.59 Å². The molecule has 0 unspecified atom stereocenters. The second-order valence-corrected chi connectivity index (χ2v) is 8.68. The molecule has 180 valence electrons. The van der Waals surface area contributed by atoms with E-state index in [4.69, 9.17) is 4.74 Å². The van der Waals surface area contributed by atoms with Crippen LogP contribution in [0, 0.1) is 17.6 Å². The number of halogens is 2. The van der Waals surface area contributed by atoms with Crippen LogP contribution in [0.5, 0.6) is 0 Å². The van der Waals surface area contributed by atoms with Gasteiger partial charge >= 0.3 is 5.97 Å². The van der Waals surface area contributed by atoms with Gasteiger partial charge in [-0.15, -0.1) is 0 Å². The van der Waals surface area contributed by atoms with Crippen LogP contribution in [-0.4, -0.2) is 35.8 Å². The number of ether oxygens (including phenoxy) is 1. The van der Waals surface area contributed by atoms with Gasteiger partial charge in [-0.05, 0) is 59.0 Å². The quantitative estimate of drug-likeness (QED) is 0.504. The fourth-order valence-corrected chi connectivity index (χ4v) is 4.19. The Kier molecular flexibility index (Phi) is 6.64. The summed E-state index contributed by atoms with van der Waals surface area (Å²) in [6.45, 7) is 4.08. The number of anilines is 1. The standard InChI is InChI=1S/C27H24F2N2O4/c1-15(2)24(27(34)35-3)31-14-19-5-4-17(12-21(19)26(31)33)16-6-9-20(10-7-16)30-25(32)18-8-11-22(28)23(29)13-18/h4-13,15,24H,14H2,1-3H3,(H,30,32)/t24-/m0/s1. The van der Waals surface area contributed by atoms with E-state index >= 15 is 0 Å². The van der Waals surface area contributed by atoms with Gasteiger partial charge < -0.3 is 15.0 Å². The Morgan fingerprint density at radius 2 is 1.63 bits per heavy atom. The highest BCUT2D eigenvalue weighted by molar-refractivity contribution is 6.04. The second-order valence-electron chi connectivity index (χ2n) is 8.68. The predicted molar refractivity (Wildman–Crippen MR) is 127 cm³/mol. The number of benzene rings is 3. The number of carbonyl (C=O) groups is 3. The molecular weight excluding hydrogens is 454 g/mol. The molecule has 6 nitrogen and oxygen atoms in total. The topological polar surface area (TPSA) is 75.7 Å². The number of hydrogen-bond donors (Lipinski definition) is 1. The first kappa shape index (κ1) is 24.1. The molecule has 8 heteroatoms. The predicted octanol–water partition coefficient (Wildman–Crippen LogP) is 5.04. The Labute approximate surface area is 201 Å². The molecule has 0 spiro atoms. The van der Waals surface area contributed by atoms with Crippen molar-refractivity contribution < 1.29 is 27.9 Å². The molecule has 1 aliphatic rings. The number of methoxy groups -OCH3 is 1. The van der Waals surface area contributed by atoms with E-state index in [0.717, 1.165) is 28.8 Å². The molecule has 35 heavy (non-hydrogen) atoms. The second kappa shape index (κ2) is 9.66. The highest BCUT2D eigenvalue weighted by Gasteiger charge is 2.38. The first-order chi connectivity index (χ1) is 16.7. The minimum Gasteiger partial charge on any atom is -0.467 e. The van der Waals surface area contributed by atoms with Gasteiger partial charge in [0.1, 0.15) is 6.04 Å². The maximum atomic E-state index is 13.4. The molecule has 1 aliphatic heterocycles. The van der Waals surface area contributed by atoms with Gasteiger partial charge in [0.2, 0.25) is 0 Å². The van der Waals surface area contributed by atoms with Gasteiger partial charge in [0, 0.05) is 23.4 Å². The van der Waals surface area contributed by atoms with E-state index in [1.165, 1.54) is 13.2 Å². The summed E-state index contributed by atoms with van der Waals surface area (Å²) in [5.41, 5.74) is 3.47. The fraction of sp³-hybridized carbons (Fsp3) is 0.222. The molecule has 1 atom stereocenters. The summed E-state index contributed by atoms with van der Waals surface area (Å²) in [5.74, 6) is -3.45. The highest BCUT2D eigenvalue weighted by atomic mass is 19.2. The van der Waals surface area contributed by atoms with E-state index in [2.05, 4.69) is 5.32 Å². The average molecular weight is 478 g/mol. The number of esters is 1. The third-order valence-corrected chi connectivity index (χ3v) is 6.01. The van der Waals surface area contributed by atoms with Gasteiger partial charge in [-0.25, -0.2) is 13.6 Å². The van der Waals surface area contributed by atoms with E-state index < -0.39 is 29.6 Å². The summed E-state index contributed by atoms with van der Waals surface area (Å²) in [6, 6.07) is 14.8. The lowest BCUT2D eigenvalue weighted by molar-refractivity contribution is -0.147. The molecule has 0 bridgehead atoms. The molecule has 1 heterocycles. The van der Waals surface area contributed by atoms with Crippen LogP contribution in [0.3, 0.4) is 0 Å². The number of amides is 2. The average Bonchev–Trinajstić information content (AvgIpc) is 3.16. The zero-order valence-corrected chi connectivity index (χ0v) is 19.5. The Morgan fingerprint density at radius 3 is 2.26 bits per heavy atom. The van der Waals surface area contributed by atoms with Crippen LogP contribution in [0.4, 0.5) is 14.5 Å². The van der Waals surface area contributed by atoms with E-state index in [0.29, 0.717) is 17.8 Å². The molecule has 0 aliphatic carbocycles. The summed E-state index contributed by atoms with van der Waals surface area (Å²) in [6.07, 6.45) is 0. The van der Waals surface area contributed by atoms with E-state index in [9.17, 15) is 23.2 Å². The minimum atomic E-state index is -1.09. The zero-order chi connectivity index (χ0) is 25.3. The molecule has 2 amide bonds. The number of carbonyl (C=O) groups excluding carboxylic acids is 3. The first-order valence-corrected chi connectivity index (χ1v) is 11.1. The maximum Gasteiger partial charge on any atom is 0.328 e. The SMILES string of the molecule is COC(=O)[C@H](C(C)C)N1Cc2ccc(-c3ccc(NC(=O)c4ccc(F)c(F)c4)cc3)cc2C1=O. The molecule has 1 N–H and O–H groups in total. The van der Waals surface area contributed by atoms with Crippen molar-refractivity contribution in [1.29, 1.82) is 0 Å². The minimum absolute atomic E-state index is 0.00122. The van der Waals surface area contributed by atoms with Gasteiger partial charge in [-0.2, -0.15) is 0 Å². The molecule has 0 saturated heterocycles. The highest BCUT2D eigenvalue weighted by Crippen LogP contribution is 2.32. The van der Waals surface area contributed by atoms with Crippen molar-refractivity contribution in [2.45, 2.75) is 26.4 Å². The number of hydrogen-bond acceptors (Lipinski definition) is 4. The Morgan fingerprint density at radius 1 is 0.943 bits per heavy atom. The van der Waals surface area contributed by atoms with Crippen LogP contribution in [0.2, 0.25) is 0 Å². The van der Waals surface area contributed by atoms with Crippen molar-refractivity contribution in [2.75, 3.05) is 12.4 Å². The summed E-state index contributed by atoms with van der Waals surface area (Å²) >= 11 is 0. The van der Waals surface area contributed by atoms with Gasteiger partial charge in [0.15, 0.2) is 11.6 Å². The Bertz CT molecular complexity index is 1310.